The molecule has 5 heteroatoms. The van der Waals surface area contributed by atoms with Gasteiger partial charge in [0.25, 0.3) is 5.79 Å². The van der Waals surface area contributed by atoms with E-state index < -0.39 is 5.79 Å². The van der Waals surface area contributed by atoms with Gasteiger partial charge in [0.05, 0.1) is 18.8 Å². The van der Waals surface area contributed by atoms with E-state index in [0.717, 1.165) is 11.5 Å². The first-order chi connectivity index (χ1) is 12.6. The molecular weight excluding hydrogens is 348 g/mol. The SMILES string of the molecule is CCCCCCCCCCCCSCC(C)C12OC(=O)CC1CC(=O)O2. The minimum Gasteiger partial charge on any atom is -0.422 e. The molecule has 2 aliphatic rings. The number of ether oxygens (including phenoxy) is 2. The molecule has 0 saturated carbocycles. The molecule has 0 radical (unpaired) electrons. The third-order valence-corrected chi connectivity index (χ3v) is 6.95. The number of carbonyl (C=O) groups excluding carboxylic acids is 2. The summed E-state index contributed by atoms with van der Waals surface area (Å²) in [5, 5.41) is 0. The first kappa shape index (κ1) is 21.6. The lowest BCUT2D eigenvalue weighted by Gasteiger charge is -2.31. The number of unbranched alkanes of at least 4 members (excludes halogenated alkanes) is 9. The monoisotopic (exact) mass is 384 g/mol. The largest absolute Gasteiger partial charge is 0.422 e. The van der Waals surface area contributed by atoms with E-state index in [2.05, 4.69) is 6.92 Å². The minimum absolute atomic E-state index is 0.0542. The Bertz CT molecular complexity index is 431. The number of thioether (sulfide) groups is 1. The molecule has 0 aromatic heterocycles. The van der Waals surface area contributed by atoms with Crippen molar-refractivity contribution < 1.29 is 19.1 Å². The summed E-state index contributed by atoms with van der Waals surface area (Å²) in [5.74, 6) is 0.536. The summed E-state index contributed by atoms with van der Waals surface area (Å²) < 4.78 is 10.9. The van der Waals surface area contributed by atoms with Gasteiger partial charge >= 0.3 is 11.9 Å². The van der Waals surface area contributed by atoms with E-state index in [1.165, 1.54) is 64.2 Å². The van der Waals surface area contributed by atoms with Crippen LogP contribution in [0.5, 0.6) is 0 Å². The molecule has 2 heterocycles. The van der Waals surface area contributed by atoms with Crippen molar-refractivity contribution >= 4 is 23.7 Å². The van der Waals surface area contributed by atoms with Crippen molar-refractivity contribution in [3.8, 4) is 0 Å². The van der Waals surface area contributed by atoms with E-state index in [0.29, 0.717) is 12.8 Å². The van der Waals surface area contributed by atoms with Gasteiger partial charge in [-0.1, -0.05) is 71.6 Å². The van der Waals surface area contributed by atoms with Crippen molar-refractivity contribution in [2.45, 2.75) is 96.7 Å². The van der Waals surface area contributed by atoms with E-state index in [9.17, 15) is 9.59 Å². The molecule has 2 fully saturated rings. The van der Waals surface area contributed by atoms with Gasteiger partial charge in [-0.3, -0.25) is 9.59 Å². The molecule has 0 aromatic carbocycles. The second kappa shape index (κ2) is 11.2. The lowest BCUT2D eigenvalue weighted by atomic mass is 9.89. The highest BCUT2D eigenvalue weighted by atomic mass is 32.2. The van der Waals surface area contributed by atoms with Gasteiger partial charge in [0.1, 0.15) is 0 Å². The van der Waals surface area contributed by atoms with E-state index in [1.54, 1.807) is 0 Å². The van der Waals surface area contributed by atoms with Crippen LogP contribution >= 0.6 is 11.8 Å². The van der Waals surface area contributed by atoms with Crippen LogP contribution in [0.1, 0.15) is 90.9 Å². The fourth-order valence-corrected chi connectivity index (χ4v) is 5.22. The van der Waals surface area contributed by atoms with Gasteiger partial charge in [-0.25, -0.2) is 0 Å². The summed E-state index contributed by atoms with van der Waals surface area (Å²) in [6.45, 7) is 4.30. The lowest BCUT2D eigenvalue weighted by molar-refractivity contribution is -0.220. The zero-order chi connectivity index (χ0) is 18.8. The van der Waals surface area contributed by atoms with Crippen LogP contribution in [0.15, 0.2) is 0 Å². The third kappa shape index (κ3) is 6.17. The summed E-state index contributed by atoms with van der Waals surface area (Å²) in [4.78, 5) is 23.3. The van der Waals surface area contributed by atoms with Crippen LogP contribution in [0.3, 0.4) is 0 Å². The first-order valence-corrected chi connectivity index (χ1v) is 11.8. The Labute approximate surface area is 163 Å². The predicted molar refractivity (Wildman–Crippen MR) is 106 cm³/mol. The van der Waals surface area contributed by atoms with E-state index >= 15 is 0 Å². The van der Waals surface area contributed by atoms with Crippen LogP contribution in [-0.4, -0.2) is 29.2 Å². The average molecular weight is 385 g/mol. The third-order valence-electron chi connectivity index (χ3n) is 5.64. The smallest absolute Gasteiger partial charge is 0.309 e. The van der Waals surface area contributed by atoms with Crippen LogP contribution < -0.4 is 0 Å². The molecule has 4 nitrogen and oxygen atoms in total. The Morgan fingerprint density at radius 1 is 0.923 bits per heavy atom. The minimum atomic E-state index is -0.973. The van der Waals surface area contributed by atoms with Crippen LogP contribution in [0.2, 0.25) is 0 Å². The maximum atomic E-state index is 11.6. The normalized spacial score (nSPS) is 25.8. The fourth-order valence-electron chi connectivity index (χ4n) is 4.06. The molecule has 2 saturated heterocycles. The molecule has 150 valence electrons. The second-order valence-electron chi connectivity index (χ2n) is 7.93. The Morgan fingerprint density at radius 3 is 1.96 bits per heavy atom. The molecule has 0 bridgehead atoms. The average Bonchev–Trinajstić information content (AvgIpc) is 3.07. The van der Waals surface area contributed by atoms with Crippen molar-refractivity contribution in [1.29, 1.82) is 0 Å². The van der Waals surface area contributed by atoms with Gasteiger partial charge in [-0.15, -0.1) is 0 Å². The van der Waals surface area contributed by atoms with Gasteiger partial charge in [-0.2, -0.15) is 11.8 Å². The number of fused-ring (bicyclic) bond motifs is 1. The topological polar surface area (TPSA) is 52.6 Å². The van der Waals surface area contributed by atoms with Gasteiger partial charge in [-0.05, 0) is 12.2 Å². The molecule has 2 aliphatic heterocycles. The van der Waals surface area contributed by atoms with Gasteiger partial charge in [0, 0.05) is 11.7 Å². The Kier molecular flexibility index (Phi) is 9.30. The summed E-state index contributed by atoms with van der Waals surface area (Å²) >= 11 is 1.89. The fraction of sp³-hybridized carbons (Fsp3) is 0.905. The molecule has 0 amide bonds. The summed E-state index contributed by atoms with van der Waals surface area (Å²) in [7, 11) is 0. The van der Waals surface area contributed by atoms with E-state index in [-0.39, 0.29) is 23.8 Å². The molecule has 0 aromatic rings. The maximum Gasteiger partial charge on any atom is 0.309 e. The number of rotatable bonds is 14. The molecule has 1 atom stereocenters. The molecule has 2 rings (SSSR count). The molecule has 0 aliphatic carbocycles. The number of hydrogen-bond acceptors (Lipinski definition) is 5. The summed E-state index contributed by atoms with van der Waals surface area (Å²) in [6, 6.07) is 0. The standard InChI is InChI=1S/C21H36O4S/c1-3-4-5-6-7-8-9-10-11-12-13-26-16-17(2)21-18(14-19(22)24-21)15-20(23)25-21/h17-18H,3-16H2,1-2H3. The summed E-state index contributed by atoms with van der Waals surface area (Å²) in [5.41, 5.74) is 0. The number of hydrogen-bond donors (Lipinski definition) is 0. The number of esters is 2. The van der Waals surface area contributed by atoms with Gasteiger partial charge in [0.2, 0.25) is 0 Å². The predicted octanol–water partition coefficient (Wildman–Crippen LogP) is 5.48. The van der Waals surface area contributed by atoms with Crippen molar-refractivity contribution in [1.82, 2.24) is 0 Å². The quantitative estimate of drug-likeness (QED) is 0.293. The maximum absolute atomic E-state index is 11.6. The second-order valence-corrected chi connectivity index (χ2v) is 9.08. The molecule has 1 unspecified atom stereocenters. The van der Waals surface area contributed by atoms with E-state index in [4.69, 9.17) is 9.47 Å². The highest BCUT2D eigenvalue weighted by Gasteiger charge is 2.60. The highest BCUT2D eigenvalue weighted by Crippen LogP contribution is 2.47. The van der Waals surface area contributed by atoms with Crippen molar-refractivity contribution in [3.63, 3.8) is 0 Å². The molecular formula is C21H36O4S. The van der Waals surface area contributed by atoms with Gasteiger partial charge in [0.15, 0.2) is 0 Å². The molecule has 0 spiro atoms. The van der Waals surface area contributed by atoms with Crippen LogP contribution in [0.4, 0.5) is 0 Å². The zero-order valence-electron chi connectivity index (χ0n) is 16.6. The van der Waals surface area contributed by atoms with E-state index in [1.807, 2.05) is 18.7 Å². The summed E-state index contributed by atoms with van der Waals surface area (Å²) in [6.07, 6.45) is 14.2. The van der Waals surface area contributed by atoms with Crippen LogP contribution in [0, 0.1) is 11.8 Å². The van der Waals surface area contributed by atoms with Gasteiger partial charge < -0.3 is 9.47 Å². The Hall–Kier alpha value is -0.710. The Balaban J connectivity index is 1.50. The van der Waals surface area contributed by atoms with Crippen molar-refractivity contribution in [2.75, 3.05) is 11.5 Å². The van der Waals surface area contributed by atoms with Crippen LogP contribution in [-0.2, 0) is 19.1 Å². The first-order valence-electron chi connectivity index (χ1n) is 10.6. The van der Waals surface area contributed by atoms with Crippen LogP contribution in [0.25, 0.3) is 0 Å². The highest BCUT2D eigenvalue weighted by molar-refractivity contribution is 7.99. The molecule has 26 heavy (non-hydrogen) atoms. The zero-order valence-corrected chi connectivity index (χ0v) is 17.4. The molecule has 0 N–H and O–H groups in total. The van der Waals surface area contributed by atoms with Crippen molar-refractivity contribution in [3.05, 3.63) is 0 Å². The lowest BCUT2D eigenvalue weighted by Crippen LogP contribution is -2.42. The Morgan fingerprint density at radius 2 is 1.42 bits per heavy atom. The van der Waals surface area contributed by atoms with Crippen molar-refractivity contribution in [2.24, 2.45) is 11.8 Å². The number of carbonyl (C=O) groups is 2.